The van der Waals surface area contributed by atoms with Crippen LogP contribution in [0, 0.1) is 0 Å². The van der Waals surface area contributed by atoms with Gasteiger partial charge in [-0.1, -0.05) is 13.8 Å². The summed E-state index contributed by atoms with van der Waals surface area (Å²) in [6, 6.07) is 2.14. The summed E-state index contributed by atoms with van der Waals surface area (Å²) in [7, 11) is 1.39. The Balaban J connectivity index is 1.90. The summed E-state index contributed by atoms with van der Waals surface area (Å²) in [5.74, 6) is 0.350. The fourth-order valence-electron chi connectivity index (χ4n) is 2.54. The first kappa shape index (κ1) is 15.8. The number of methoxy groups -OCH3 is 1. The molecule has 0 saturated carbocycles. The molecule has 5 nitrogen and oxygen atoms in total. The molecule has 0 bridgehead atoms. The number of rotatable bonds is 3. The maximum Gasteiger partial charge on any atom is 0.409 e. The van der Waals surface area contributed by atoms with Crippen molar-refractivity contribution in [2.24, 2.45) is 0 Å². The molecule has 1 saturated heterocycles. The normalized spacial score (nSPS) is 16.1. The van der Waals surface area contributed by atoms with Crippen LogP contribution in [0.1, 0.15) is 47.8 Å². The van der Waals surface area contributed by atoms with Crippen molar-refractivity contribution in [2.45, 2.75) is 38.6 Å². The average Bonchev–Trinajstić information content (AvgIpc) is 2.97. The van der Waals surface area contributed by atoms with Crippen LogP contribution in [0.2, 0.25) is 0 Å². The molecule has 0 aliphatic carbocycles. The predicted octanol–water partition coefficient (Wildman–Crippen LogP) is 2.83. The van der Waals surface area contributed by atoms with Crippen molar-refractivity contribution in [2.75, 3.05) is 20.2 Å². The summed E-state index contributed by atoms with van der Waals surface area (Å²) in [6.07, 6.45) is 1.24. The molecule has 0 spiro atoms. The van der Waals surface area contributed by atoms with E-state index < -0.39 is 0 Å². The molecule has 0 atom stereocenters. The molecule has 2 rings (SSSR count). The third-order valence-corrected chi connectivity index (χ3v) is 4.72. The van der Waals surface area contributed by atoms with Gasteiger partial charge in [0.25, 0.3) is 5.91 Å². The third kappa shape index (κ3) is 3.75. The van der Waals surface area contributed by atoms with Gasteiger partial charge in [-0.05, 0) is 35.8 Å². The average molecular weight is 310 g/mol. The zero-order valence-corrected chi connectivity index (χ0v) is 13.5. The van der Waals surface area contributed by atoms with Gasteiger partial charge in [-0.2, -0.15) is 0 Å². The van der Waals surface area contributed by atoms with Crippen LogP contribution in [0.5, 0.6) is 0 Å². The molecule has 2 amide bonds. The standard InChI is InChI=1S/C15H22N2O3S/c1-10(2)12-6-9-21-13(12)14(18)16-11-4-7-17(8-5-11)15(19)20-3/h6,9-11H,4-5,7-8H2,1-3H3,(H,16,18). The van der Waals surface area contributed by atoms with E-state index in [2.05, 4.69) is 19.2 Å². The highest BCUT2D eigenvalue weighted by Gasteiger charge is 2.25. The highest BCUT2D eigenvalue weighted by Crippen LogP contribution is 2.25. The number of carbonyl (C=O) groups is 2. The maximum absolute atomic E-state index is 12.4. The Kier molecular flexibility index (Phi) is 5.22. The van der Waals surface area contributed by atoms with Crippen molar-refractivity contribution in [3.05, 3.63) is 21.9 Å². The lowest BCUT2D eigenvalue weighted by atomic mass is 10.0. The lowest BCUT2D eigenvalue weighted by Gasteiger charge is -2.31. The summed E-state index contributed by atoms with van der Waals surface area (Å²) in [5, 5.41) is 5.05. The fraction of sp³-hybridized carbons (Fsp3) is 0.600. The van der Waals surface area contributed by atoms with E-state index in [0.717, 1.165) is 23.3 Å². The number of nitrogens with one attached hydrogen (secondary N) is 1. The number of carbonyl (C=O) groups excluding carboxylic acids is 2. The van der Waals surface area contributed by atoms with Crippen molar-refractivity contribution in [1.29, 1.82) is 0 Å². The quantitative estimate of drug-likeness (QED) is 0.934. The van der Waals surface area contributed by atoms with Crippen LogP contribution in [0.4, 0.5) is 4.79 Å². The van der Waals surface area contributed by atoms with Crippen LogP contribution in [-0.4, -0.2) is 43.1 Å². The van der Waals surface area contributed by atoms with Gasteiger partial charge in [0, 0.05) is 19.1 Å². The van der Waals surface area contributed by atoms with Crippen LogP contribution < -0.4 is 5.32 Å². The molecule has 1 aromatic rings. The van der Waals surface area contributed by atoms with E-state index in [4.69, 9.17) is 4.74 Å². The highest BCUT2D eigenvalue weighted by atomic mass is 32.1. The topological polar surface area (TPSA) is 58.6 Å². The highest BCUT2D eigenvalue weighted by molar-refractivity contribution is 7.12. The molecule has 2 heterocycles. The Morgan fingerprint density at radius 2 is 2.05 bits per heavy atom. The summed E-state index contributed by atoms with van der Waals surface area (Å²) in [6.45, 7) is 5.43. The number of amides is 2. The molecule has 0 unspecified atom stereocenters. The largest absolute Gasteiger partial charge is 0.453 e. The van der Waals surface area contributed by atoms with Gasteiger partial charge in [-0.3, -0.25) is 4.79 Å². The van der Waals surface area contributed by atoms with Gasteiger partial charge in [0.1, 0.15) is 0 Å². The Bertz CT molecular complexity index is 505. The van der Waals surface area contributed by atoms with E-state index in [0.29, 0.717) is 19.0 Å². The van der Waals surface area contributed by atoms with Crippen LogP contribution in [0.15, 0.2) is 11.4 Å². The zero-order valence-electron chi connectivity index (χ0n) is 12.7. The van der Waals surface area contributed by atoms with Gasteiger partial charge in [0.2, 0.25) is 0 Å². The number of thiophene rings is 1. The minimum Gasteiger partial charge on any atom is -0.453 e. The maximum atomic E-state index is 12.4. The third-order valence-electron chi connectivity index (χ3n) is 3.79. The first-order valence-electron chi connectivity index (χ1n) is 7.24. The molecular weight excluding hydrogens is 288 g/mol. The second-order valence-corrected chi connectivity index (χ2v) is 6.48. The molecule has 1 fully saturated rings. The number of piperidine rings is 1. The van der Waals surface area contributed by atoms with Crippen LogP contribution >= 0.6 is 11.3 Å². The number of likely N-dealkylation sites (tertiary alicyclic amines) is 1. The van der Waals surface area contributed by atoms with E-state index in [1.54, 1.807) is 4.90 Å². The SMILES string of the molecule is COC(=O)N1CCC(NC(=O)c2sccc2C(C)C)CC1. The minimum atomic E-state index is -0.292. The first-order chi connectivity index (χ1) is 10.0. The summed E-state index contributed by atoms with van der Waals surface area (Å²) in [4.78, 5) is 26.3. The monoisotopic (exact) mass is 310 g/mol. The number of nitrogens with zero attached hydrogens (tertiary/aromatic N) is 1. The Morgan fingerprint density at radius 3 is 2.62 bits per heavy atom. The van der Waals surface area contributed by atoms with Crippen molar-refractivity contribution in [3.63, 3.8) is 0 Å². The predicted molar refractivity (Wildman–Crippen MR) is 82.9 cm³/mol. The second-order valence-electron chi connectivity index (χ2n) is 5.56. The van der Waals surface area contributed by atoms with E-state index in [1.807, 2.05) is 11.4 Å². The molecule has 116 valence electrons. The lowest BCUT2D eigenvalue weighted by molar-refractivity contribution is 0.0895. The second kappa shape index (κ2) is 6.93. The lowest BCUT2D eigenvalue weighted by Crippen LogP contribution is -2.46. The van der Waals surface area contributed by atoms with E-state index in [9.17, 15) is 9.59 Å². The number of hydrogen-bond donors (Lipinski definition) is 1. The molecule has 21 heavy (non-hydrogen) atoms. The van der Waals surface area contributed by atoms with Crippen molar-refractivity contribution in [1.82, 2.24) is 10.2 Å². The summed E-state index contributed by atoms with van der Waals surface area (Å²) < 4.78 is 4.71. The van der Waals surface area contributed by atoms with E-state index in [1.165, 1.54) is 18.4 Å². The van der Waals surface area contributed by atoms with Crippen molar-refractivity contribution >= 4 is 23.3 Å². The molecule has 1 aromatic heterocycles. The van der Waals surface area contributed by atoms with Crippen LogP contribution in [0.25, 0.3) is 0 Å². The van der Waals surface area contributed by atoms with Crippen LogP contribution in [0.3, 0.4) is 0 Å². The molecule has 1 aliphatic rings. The number of hydrogen-bond acceptors (Lipinski definition) is 4. The molecule has 1 aliphatic heterocycles. The number of ether oxygens (including phenoxy) is 1. The first-order valence-corrected chi connectivity index (χ1v) is 8.12. The van der Waals surface area contributed by atoms with Gasteiger partial charge in [0.15, 0.2) is 0 Å². The Morgan fingerprint density at radius 1 is 1.38 bits per heavy atom. The van der Waals surface area contributed by atoms with Gasteiger partial charge in [-0.25, -0.2) is 4.79 Å². The molecule has 6 heteroatoms. The molecule has 1 N–H and O–H groups in total. The Labute approximate surface area is 129 Å². The fourth-order valence-corrected chi connectivity index (χ4v) is 3.50. The van der Waals surface area contributed by atoms with Crippen LogP contribution in [-0.2, 0) is 4.74 Å². The summed E-state index contributed by atoms with van der Waals surface area (Å²) >= 11 is 1.49. The van der Waals surface area contributed by atoms with Gasteiger partial charge in [0.05, 0.1) is 12.0 Å². The Hall–Kier alpha value is -1.56. The summed E-state index contributed by atoms with van der Waals surface area (Å²) in [5.41, 5.74) is 1.10. The molecule has 0 radical (unpaired) electrons. The van der Waals surface area contributed by atoms with Crippen molar-refractivity contribution in [3.8, 4) is 0 Å². The van der Waals surface area contributed by atoms with Gasteiger partial charge >= 0.3 is 6.09 Å². The van der Waals surface area contributed by atoms with Gasteiger partial charge < -0.3 is 15.0 Å². The molecular formula is C15H22N2O3S. The van der Waals surface area contributed by atoms with E-state index >= 15 is 0 Å². The van der Waals surface area contributed by atoms with Gasteiger partial charge in [-0.15, -0.1) is 11.3 Å². The smallest absolute Gasteiger partial charge is 0.409 e. The molecule has 0 aromatic carbocycles. The van der Waals surface area contributed by atoms with E-state index in [-0.39, 0.29) is 18.0 Å². The zero-order chi connectivity index (χ0) is 15.4. The minimum absolute atomic E-state index is 0.00483. The van der Waals surface area contributed by atoms with Crippen molar-refractivity contribution < 1.29 is 14.3 Å².